The van der Waals surface area contributed by atoms with Gasteiger partial charge in [0.2, 0.25) is 5.91 Å². The lowest BCUT2D eigenvalue weighted by molar-refractivity contribution is -0.150. The number of hydrogen-bond donors (Lipinski definition) is 1. The summed E-state index contributed by atoms with van der Waals surface area (Å²) in [5, 5.41) is 10.1. The molecule has 2 bridgehead atoms. The number of fused-ring (bicyclic) bond motifs is 2. The lowest BCUT2D eigenvalue weighted by atomic mass is 9.81. The van der Waals surface area contributed by atoms with Crippen LogP contribution in [0.3, 0.4) is 0 Å². The van der Waals surface area contributed by atoms with Gasteiger partial charge in [-0.15, -0.1) is 0 Å². The Morgan fingerprint density at radius 3 is 2.39 bits per heavy atom. The van der Waals surface area contributed by atoms with Crippen LogP contribution in [0.15, 0.2) is 24.3 Å². The van der Waals surface area contributed by atoms with Crippen molar-refractivity contribution in [3.8, 4) is 5.75 Å². The Balaban J connectivity index is 1.37. The topological polar surface area (TPSA) is 70.1 Å². The smallest absolute Gasteiger partial charge is 0.253 e. The first-order valence-electron chi connectivity index (χ1n) is 10.5. The number of carbonyl (C=O) groups is 2. The number of piperidine rings is 3. The van der Waals surface area contributed by atoms with Gasteiger partial charge in [0.05, 0.1) is 13.2 Å². The fourth-order valence-electron chi connectivity index (χ4n) is 5.19. The van der Waals surface area contributed by atoms with E-state index in [1.165, 1.54) is 0 Å². The van der Waals surface area contributed by atoms with Gasteiger partial charge < -0.3 is 19.6 Å². The third kappa shape index (κ3) is 3.75. The van der Waals surface area contributed by atoms with Crippen LogP contribution in [0.5, 0.6) is 5.75 Å². The van der Waals surface area contributed by atoms with Gasteiger partial charge in [-0.25, -0.2) is 0 Å². The number of amides is 2. The van der Waals surface area contributed by atoms with Crippen LogP contribution in [0, 0.1) is 5.92 Å². The van der Waals surface area contributed by atoms with Gasteiger partial charge in [0, 0.05) is 36.7 Å². The Bertz CT molecular complexity index is 715. The number of aliphatic hydroxyl groups excluding tert-OH is 1. The molecule has 2 amide bonds. The number of aliphatic hydroxyl groups is 1. The summed E-state index contributed by atoms with van der Waals surface area (Å²) < 4.78 is 5.21. The van der Waals surface area contributed by atoms with Gasteiger partial charge in [-0.3, -0.25) is 9.59 Å². The van der Waals surface area contributed by atoms with Crippen LogP contribution in [0.1, 0.15) is 55.3 Å². The molecular weight excluding hydrogens is 356 g/mol. The molecule has 0 saturated carbocycles. The van der Waals surface area contributed by atoms with Crippen LogP contribution in [0.25, 0.3) is 0 Å². The zero-order valence-corrected chi connectivity index (χ0v) is 16.5. The third-order valence-corrected chi connectivity index (χ3v) is 6.65. The van der Waals surface area contributed by atoms with Gasteiger partial charge in [0.15, 0.2) is 0 Å². The summed E-state index contributed by atoms with van der Waals surface area (Å²) in [7, 11) is 1.59. The zero-order valence-electron chi connectivity index (χ0n) is 16.5. The molecule has 0 aromatic heterocycles. The predicted octanol–water partition coefficient (Wildman–Crippen LogP) is 2.45. The number of hydrogen-bond acceptors (Lipinski definition) is 4. The maximum absolute atomic E-state index is 13.2. The zero-order chi connectivity index (χ0) is 19.7. The van der Waals surface area contributed by atoms with E-state index in [4.69, 9.17) is 4.74 Å². The first-order chi connectivity index (χ1) is 13.6. The van der Waals surface area contributed by atoms with E-state index in [1.54, 1.807) is 13.2 Å². The highest BCUT2D eigenvalue weighted by Gasteiger charge is 2.42. The molecule has 0 radical (unpaired) electrons. The van der Waals surface area contributed by atoms with E-state index in [1.807, 2.05) is 23.1 Å². The molecule has 0 spiro atoms. The Morgan fingerprint density at radius 1 is 1.07 bits per heavy atom. The van der Waals surface area contributed by atoms with Crippen LogP contribution < -0.4 is 4.74 Å². The van der Waals surface area contributed by atoms with Crippen LogP contribution in [0.4, 0.5) is 0 Å². The molecule has 0 aliphatic carbocycles. The highest BCUT2D eigenvalue weighted by atomic mass is 16.5. The monoisotopic (exact) mass is 386 g/mol. The first kappa shape index (κ1) is 19.2. The van der Waals surface area contributed by atoms with Gasteiger partial charge >= 0.3 is 0 Å². The predicted molar refractivity (Wildman–Crippen MR) is 105 cm³/mol. The van der Waals surface area contributed by atoms with Gasteiger partial charge in [-0.05, 0) is 63.1 Å². The summed E-state index contributed by atoms with van der Waals surface area (Å²) >= 11 is 0. The van der Waals surface area contributed by atoms with Crippen molar-refractivity contribution in [3.05, 3.63) is 29.8 Å². The molecule has 1 N–H and O–H groups in total. The SMILES string of the molecule is COc1cccc(C(=O)N2CCC(C(=O)N3[C@@H]4CCC[C@H]3CC(O)C4)CC2)c1. The molecule has 3 heterocycles. The van der Waals surface area contributed by atoms with Crippen molar-refractivity contribution in [2.75, 3.05) is 20.2 Å². The highest BCUT2D eigenvalue weighted by Crippen LogP contribution is 2.36. The van der Waals surface area contributed by atoms with E-state index in [9.17, 15) is 14.7 Å². The maximum Gasteiger partial charge on any atom is 0.253 e. The molecule has 6 nitrogen and oxygen atoms in total. The van der Waals surface area contributed by atoms with E-state index in [-0.39, 0.29) is 35.9 Å². The van der Waals surface area contributed by atoms with Crippen LogP contribution >= 0.6 is 0 Å². The summed E-state index contributed by atoms with van der Waals surface area (Å²) in [6.45, 7) is 1.22. The van der Waals surface area contributed by atoms with Crippen molar-refractivity contribution >= 4 is 11.8 Å². The van der Waals surface area contributed by atoms with Crippen molar-refractivity contribution in [1.82, 2.24) is 9.80 Å². The number of nitrogens with zero attached hydrogens (tertiary/aromatic N) is 2. The molecule has 3 fully saturated rings. The van der Waals surface area contributed by atoms with Crippen molar-refractivity contribution in [1.29, 1.82) is 0 Å². The highest BCUT2D eigenvalue weighted by molar-refractivity contribution is 5.94. The second-order valence-corrected chi connectivity index (χ2v) is 8.41. The summed E-state index contributed by atoms with van der Waals surface area (Å²) in [6, 6.07) is 7.63. The molecule has 1 aromatic carbocycles. The molecular formula is C22H30N2O4. The Labute approximate surface area is 166 Å². The van der Waals surface area contributed by atoms with Crippen LogP contribution in [-0.4, -0.2) is 65.1 Å². The normalized spacial score (nSPS) is 28.1. The van der Waals surface area contributed by atoms with Crippen LogP contribution in [0.2, 0.25) is 0 Å². The summed E-state index contributed by atoms with van der Waals surface area (Å²) in [4.78, 5) is 30.0. The van der Waals surface area contributed by atoms with E-state index in [0.29, 0.717) is 37.2 Å². The minimum absolute atomic E-state index is 0.00256. The number of rotatable bonds is 3. The van der Waals surface area contributed by atoms with Gasteiger partial charge in [-0.2, -0.15) is 0 Å². The van der Waals surface area contributed by atoms with Crippen molar-refractivity contribution in [2.24, 2.45) is 5.92 Å². The average Bonchev–Trinajstić information content (AvgIpc) is 2.72. The molecule has 3 saturated heterocycles. The average molecular weight is 386 g/mol. The molecule has 3 aliphatic rings. The molecule has 3 aliphatic heterocycles. The van der Waals surface area contributed by atoms with E-state index in [0.717, 1.165) is 32.1 Å². The van der Waals surface area contributed by atoms with Gasteiger partial charge in [0.25, 0.3) is 5.91 Å². The minimum Gasteiger partial charge on any atom is -0.497 e. The molecule has 28 heavy (non-hydrogen) atoms. The quantitative estimate of drug-likeness (QED) is 0.866. The fraction of sp³-hybridized carbons (Fsp3) is 0.636. The Morgan fingerprint density at radius 2 is 1.75 bits per heavy atom. The van der Waals surface area contributed by atoms with E-state index < -0.39 is 0 Å². The maximum atomic E-state index is 13.2. The number of benzene rings is 1. The standard InChI is InChI=1S/C22H30N2O4/c1-28-20-7-2-4-16(12-20)21(26)23-10-8-15(9-11-23)22(27)24-17-5-3-6-18(24)14-19(25)13-17/h2,4,7,12,15,17-19,25H,3,5-6,8-11,13-14H2,1H3/t17-,18+,19?. The minimum atomic E-state index is -0.262. The Hall–Kier alpha value is -2.08. The third-order valence-electron chi connectivity index (χ3n) is 6.65. The summed E-state index contributed by atoms with van der Waals surface area (Å²) in [6.07, 6.45) is 5.77. The number of carbonyl (C=O) groups excluding carboxylic acids is 2. The molecule has 4 rings (SSSR count). The molecule has 152 valence electrons. The van der Waals surface area contributed by atoms with E-state index in [2.05, 4.69) is 4.90 Å². The summed E-state index contributed by atoms with van der Waals surface area (Å²) in [5.74, 6) is 0.917. The van der Waals surface area contributed by atoms with E-state index >= 15 is 0 Å². The largest absolute Gasteiger partial charge is 0.497 e. The van der Waals surface area contributed by atoms with Crippen LogP contribution in [-0.2, 0) is 4.79 Å². The second kappa shape index (κ2) is 8.11. The summed E-state index contributed by atoms with van der Waals surface area (Å²) in [5.41, 5.74) is 0.628. The molecule has 1 aromatic rings. The molecule has 1 unspecified atom stereocenters. The van der Waals surface area contributed by atoms with Gasteiger partial charge in [0.1, 0.15) is 5.75 Å². The van der Waals surface area contributed by atoms with Crippen molar-refractivity contribution in [2.45, 2.75) is 63.1 Å². The lowest BCUT2D eigenvalue weighted by Crippen LogP contribution is -2.58. The molecule has 3 atom stereocenters. The van der Waals surface area contributed by atoms with Crippen molar-refractivity contribution in [3.63, 3.8) is 0 Å². The van der Waals surface area contributed by atoms with Gasteiger partial charge in [-0.1, -0.05) is 6.07 Å². The fourth-order valence-corrected chi connectivity index (χ4v) is 5.19. The second-order valence-electron chi connectivity index (χ2n) is 8.41. The first-order valence-corrected chi connectivity index (χ1v) is 10.5. The van der Waals surface area contributed by atoms with Crippen molar-refractivity contribution < 1.29 is 19.4 Å². The lowest BCUT2D eigenvalue weighted by Gasteiger charge is -2.49. The molecule has 6 heteroatoms. The Kier molecular flexibility index (Phi) is 5.58. The number of methoxy groups -OCH3 is 1. The number of likely N-dealkylation sites (tertiary alicyclic amines) is 1. The number of ether oxygens (including phenoxy) is 1.